The molecule has 2 aromatic heterocycles. The van der Waals surface area contributed by atoms with Gasteiger partial charge in [0.2, 0.25) is 0 Å². The Bertz CT molecular complexity index is 1270. The Morgan fingerprint density at radius 1 is 1.25 bits per heavy atom. The lowest BCUT2D eigenvalue weighted by atomic mass is 10.1. The normalized spacial score (nSPS) is 11.2. The van der Waals surface area contributed by atoms with Crippen LogP contribution in [0.5, 0.6) is 0 Å². The molecule has 0 aliphatic carbocycles. The van der Waals surface area contributed by atoms with Gasteiger partial charge in [0.05, 0.1) is 23.9 Å². The molecule has 4 aromatic rings. The second kappa shape index (κ2) is 9.88. The molecule has 11 heteroatoms. The van der Waals surface area contributed by atoms with Crippen LogP contribution in [0.15, 0.2) is 69.5 Å². The minimum atomic E-state index is -0.320. The van der Waals surface area contributed by atoms with E-state index < -0.39 is 0 Å². The number of hydrogen-bond donors (Lipinski definition) is 2. The van der Waals surface area contributed by atoms with Gasteiger partial charge in [-0.05, 0) is 36.4 Å². The summed E-state index contributed by atoms with van der Waals surface area (Å²) in [5, 5.41) is 19.8. The first-order chi connectivity index (χ1) is 15.5. The van der Waals surface area contributed by atoms with Crippen molar-refractivity contribution in [3.63, 3.8) is 0 Å². The fourth-order valence-corrected chi connectivity index (χ4v) is 4.00. The molecule has 2 N–H and O–H groups in total. The summed E-state index contributed by atoms with van der Waals surface area (Å²) in [4.78, 5) is 12.2. The number of aromatic nitrogens is 5. The zero-order valence-corrected chi connectivity index (χ0v) is 19.2. The highest BCUT2D eigenvalue weighted by Crippen LogP contribution is 2.25. The Kier molecular flexibility index (Phi) is 6.76. The molecule has 2 heterocycles. The molecule has 0 aliphatic rings. The van der Waals surface area contributed by atoms with E-state index in [4.69, 9.17) is 0 Å². The summed E-state index contributed by atoms with van der Waals surface area (Å²) in [6.07, 6.45) is 3.06. The lowest BCUT2D eigenvalue weighted by Gasteiger charge is -2.04. The van der Waals surface area contributed by atoms with Gasteiger partial charge in [0.15, 0.2) is 11.0 Å². The maximum atomic E-state index is 13.1. The van der Waals surface area contributed by atoms with E-state index in [1.54, 1.807) is 18.3 Å². The number of amides is 1. The zero-order valence-electron chi connectivity index (χ0n) is 16.8. The van der Waals surface area contributed by atoms with E-state index in [-0.39, 0.29) is 17.5 Å². The summed E-state index contributed by atoms with van der Waals surface area (Å²) in [7, 11) is 1.85. The van der Waals surface area contributed by atoms with Crippen molar-refractivity contribution in [1.29, 1.82) is 0 Å². The number of thioether (sulfide) groups is 1. The predicted octanol–water partition coefficient (Wildman–Crippen LogP) is 4.02. The predicted molar refractivity (Wildman–Crippen MR) is 125 cm³/mol. The Morgan fingerprint density at radius 2 is 2.06 bits per heavy atom. The zero-order chi connectivity index (χ0) is 22.5. The van der Waals surface area contributed by atoms with Crippen molar-refractivity contribution >= 4 is 39.8 Å². The molecule has 0 atom stereocenters. The molecule has 2 aromatic carbocycles. The molecule has 32 heavy (non-hydrogen) atoms. The summed E-state index contributed by atoms with van der Waals surface area (Å²) < 4.78 is 15.9. The van der Waals surface area contributed by atoms with Gasteiger partial charge in [0.1, 0.15) is 5.82 Å². The number of hydrazone groups is 1. The van der Waals surface area contributed by atoms with Gasteiger partial charge in [0.25, 0.3) is 5.91 Å². The van der Waals surface area contributed by atoms with E-state index in [0.717, 1.165) is 15.6 Å². The molecule has 4 rings (SSSR count). The van der Waals surface area contributed by atoms with Crippen molar-refractivity contribution in [3.05, 3.63) is 70.6 Å². The van der Waals surface area contributed by atoms with E-state index in [1.807, 2.05) is 35.9 Å². The van der Waals surface area contributed by atoms with E-state index in [1.165, 1.54) is 30.1 Å². The maximum Gasteiger partial charge on any atom is 0.250 e. The van der Waals surface area contributed by atoms with Gasteiger partial charge in [-0.3, -0.25) is 9.89 Å². The average molecular weight is 514 g/mol. The minimum absolute atomic E-state index is 0.123. The van der Waals surface area contributed by atoms with Gasteiger partial charge in [-0.15, -0.1) is 10.2 Å². The number of hydrogen-bond acceptors (Lipinski definition) is 6. The minimum Gasteiger partial charge on any atom is -0.305 e. The number of benzene rings is 2. The third kappa shape index (κ3) is 5.11. The number of carbonyl (C=O) groups is 1. The molecule has 1 amide bonds. The quantitative estimate of drug-likeness (QED) is 0.221. The van der Waals surface area contributed by atoms with Gasteiger partial charge >= 0.3 is 0 Å². The fourth-order valence-electron chi connectivity index (χ4n) is 2.90. The summed E-state index contributed by atoms with van der Waals surface area (Å²) in [6.45, 7) is 0. The number of carbonyl (C=O) groups excluding carboxylic acids is 1. The van der Waals surface area contributed by atoms with Crippen LogP contribution in [0.25, 0.3) is 22.6 Å². The van der Waals surface area contributed by atoms with Crippen molar-refractivity contribution in [1.82, 2.24) is 30.4 Å². The van der Waals surface area contributed by atoms with Crippen LogP contribution in [0.2, 0.25) is 0 Å². The molecular weight excluding hydrogens is 497 g/mol. The third-order valence-electron chi connectivity index (χ3n) is 4.44. The Labute approximate surface area is 195 Å². The number of aromatic amines is 1. The first-order valence-electron chi connectivity index (χ1n) is 9.40. The maximum absolute atomic E-state index is 13.1. The summed E-state index contributed by atoms with van der Waals surface area (Å²) in [5.41, 5.74) is 5.51. The highest BCUT2D eigenvalue weighted by molar-refractivity contribution is 9.10. The van der Waals surface area contributed by atoms with Crippen LogP contribution in [0.4, 0.5) is 4.39 Å². The Hall–Kier alpha value is -3.31. The SMILES string of the molecule is Cn1c(SCC(=O)N/N=C\c2cn[nH]c2-c2ccc(F)cc2)nnc1-c1cccc(Br)c1. The van der Waals surface area contributed by atoms with Crippen molar-refractivity contribution in [2.75, 3.05) is 5.75 Å². The van der Waals surface area contributed by atoms with Crippen LogP contribution < -0.4 is 5.43 Å². The van der Waals surface area contributed by atoms with Crippen molar-refractivity contribution in [2.45, 2.75) is 5.16 Å². The smallest absolute Gasteiger partial charge is 0.250 e. The molecule has 8 nitrogen and oxygen atoms in total. The largest absolute Gasteiger partial charge is 0.305 e. The number of rotatable bonds is 7. The highest BCUT2D eigenvalue weighted by Gasteiger charge is 2.13. The molecule has 0 radical (unpaired) electrons. The Balaban J connectivity index is 1.34. The lowest BCUT2D eigenvalue weighted by Crippen LogP contribution is -2.19. The summed E-state index contributed by atoms with van der Waals surface area (Å²) >= 11 is 4.71. The van der Waals surface area contributed by atoms with E-state index in [2.05, 4.69) is 46.9 Å². The third-order valence-corrected chi connectivity index (χ3v) is 5.96. The second-order valence-electron chi connectivity index (χ2n) is 6.66. The van der Waals surface area contributed by atoms with Gasteiger partial charge < -0.3 is 4.57 Å². The lowest BCUT2D eigenvalue weighted by molar-refractivity contribution is -0.118. The standard InChI is InChI=1S/C21H17BrFN7OS/c1-30-20(14-3-2-4-16(22)9-14)28-29-21(30)32-12-18(31)26-24-10-15-11-25-27-19(15)13-5-7-17(23)8-6-13/h2-11H,12H2,1H3,(H,25,27)(H,26,31)/b24-10-. The second-order valence-corrected chi connectivity index (χ2v) is 8.52. The average Bonchev–Trinajstić information content (AvgIpc) is 3.39. The molecule has 162 valence electrons. The fraction of sp³-hybridized carbons (Fsp3) is 0.0952. The topological polar surface area (TPSA) is 101 Å². The molecular formula is C21H17BrFN7OS. The summed E-state index contributed by atoms with van der Waals surface area (Å²) in [6, 6.07) is 13.8. The molecule has 0 bridgehead atoms. The van der Waals surface area contributed by atoms with Crippen LogP contribution in [-0.4, -0.2) is 42.8 Å². The molecule has 0 saturated carbocycles. The first kappa shape index (κ1) is 21.9. The van der Waals surface area contributed by atoms with E-state index >= 15 is 0 Å². The van der Waals surface area contributed by atoms with E-state index in [0.29, 0.717) is 22.2 Å². The summed E-state index contributed by atoms with van der Waals surface area (Å²) in [5.74, 6) is 0.225. The number of nitrogens with one attached hydrogen (secondary N) is 2. The number of halogens is 2. The first-order valence-corrected chi connectivity index (χ1v) is 11.2. The number of nitrogens with zero attached hydrogens (tertiary/aromatic N) is 5. The van der Waals surface area contributed by atoms with Crippen molar-refractivity contribution in [2.24, 2.45) is 12.1 Å². The van der Waals surface area contributed by atoms with Gasteiger partial charge in [-0.1, -0.05) is 39.8 Å². The van der Waals surface area contributed by atoms with Crippen LogP contribution in [0.3, 0.4) is 0 Å². The molecule has 0 unspecified atom stereocenters. The van der Waals surface area contributed by atoms with Crippen LogP contribution >= 0.6 is 27.7 Å². The van der Waals surface area contributed by atoms with Crippen molar-refractivity contribution in [3.8, 4) is 22.6 Å². The number of H-pyrrole nitrogens is 1. The van der Waals surface area contributed by atoms with Crippen LogP contribution in [0, 0.1) is 5.82 Å². The van der Waals surface area contributed by atoms with E-state index in [9.17, 15) is 9.18 Å². The van der Waals surface area contributed by atoms with Crippen LogP contribution in [-0.2, 0) is 11.8 Å². The van der Waals surface area contributed by atoms with Gasteiger partial charge in [-0.25, -0.2) is 9.82 Å². The van der Waals surface area contributed by atoms with Crippen LogP contribution in [0.1, 0.15) is 5.56 Å². The molecule has 0 spiro atoms. The highest BCUT2D eigenvalue weighted by atomic mass is 79.9. The monoisotopic (exact) mass is 513 g/mol. The molecule has 0 saturated heterocycles. The van der Waals surface area contributed by atoms with Crippen molar-refractivity contribution < 1.29 is 9.18 Å². The Morgan fingerprint density at radius 3 is 2.84 bits per heavy atom. The van der Waals surface area contributed by atoms with Gasteiger partial charge in [-0.2, -0.15) is 10.2 Å². The molecule has 0 aliphatic heterocycles. The van der Waals surface area contributed by atoms with Gasteiger partial charge in [0, 0.05) is 28.2 Å². The molecule has 0 fully saturated rings.